The first-order valence-electron chi connectivity index (χ1n) is 7.75. The molecule has 1 fully saturated rings. The Balaban J connectivity index is 1.53. The number of hydrogen-bond acceptors (Lipinski definition) is 3. The van der Waals surface area contributed by atoms with Gasteiger partial charge in [-0.3, -0.25) is 4.90 Å². The number of piperazine rings is 1. The van der Waals surface area contributed by atoms with Crippen LogP contribution in [0, 0.1) is 5.82 Å². The predicted molar refractivity (Wildman–Crippen MR) is 88.2 cm³/mol. The summed E-state index contributed by atoms with van der Waals surface area (Å²) in [5, 5.41) is 0. The fraction of sp³-hybridized carbons (Fsp3) is 0.333. The zero-order chi connectivity index (χ0) is 15.4. The zero-order valence-electron chi connectivity index (χ0n) is 12.7. The van der Waals surface area contributed by atoms with Gasteiger partial charge in [0.2, 0.25) is 0 Å². The Morgan fingerprint density at radius 2 is 1.41 bits per heavy atom. The molecule has 0 amide bonds. The Hall–Kier alpha value is -1.91. The van der Waals surface area contributed by atoms with E-state index in [-0.39, 0.29) is 5.82 Å². The van der Waals surface area contributed by atoms with Crippen LogP contribution in [-0.2, 0) is 13.1 Å². The molecule has 0 radical (unpaired) electrons. The van der Waals surface area contributed by atoms with E-state index in [2.05, 4.69) is 34.1 Å². The number of nitrogens with zero attached hydrogens (tertiary/aromatic N) is 2. The molecule has 1 aliphatic heterocycles. The standard InChI is InChI=1S/C18H22FN3/c19-17-5-7-18(8-6-17)22-11-9-21(10-12-22)14-16-3-1-15(13-20)2-4-16/h1-8H,9-14,20H2. The molecular formula is C18H22FN3. The maximum Gasteiger partial charge on any atom is 0.123 e. The molecule has 0 atom stereocenters. The highest BCUT2D eigenvalue weighted by Gasteiger charge is 2.17. The Labute approximate surface area is 131 Å². The van der Waals surface area contributed by atoms with Gasteiger partial charge in [0.1, 0.15) is 5.82 Å². The lowest BCUT2D eigenvalue weighted by Crippen LogP contribution is -2.45. The maximum absolute atomic E-state index is 13.0. The van der Waals surface area contributed by atoms with Crippen LogP contribution in [0.25, 0.3) is 0 Å². The van der Waals surface area contributed by atoms with Gasteiger partial charge < -0.3 is 10.6 Å². The molecule has 116 valence electrons. The van der Waals surface area contributed by atoms with Crippen molar-refractivity contribution in [2.45, 2.75) is 13.1 Å². The van der Waals surface area contributed by atoms with Gasteiger partial charge in [-0.25, -0.2) is 4.39 Å². The van der Waals surface area contributed by atoms with E-state index in [1.54, 1.807) is 0 Å². The van der Waals surface area contributed by atoms with Crippen molar-refractivity contribution in [1.29, 1.82) is 0 Å². The summed E-state index contributed by atoms with van der Waals surface area (Å²) < 4.78 is 13.0. The Morgan fingerprint density at radius 3 is 2.00 bits per heavy atom. The van der Waals surface area contributed by atoms with Gasteiger partial charge >= 0.3 is 0 Å². The first-order chi connectivity index (χ1) is 10.7. The molecule has 4 heteroatoms. The molecule has 2 N–H and O–H groups in total. The second-order valence-electron chi connectivity index (χ2n) is 5.76. The van der Waals surface area contributed by atoms with Gasteiger partial charge in [-0.15, -0.1) is 0 Å². The number of halogens is 1. The molecule has 0 aliphatic carbocycles. The van der Waals surface area contributed by atoms with E-state index >= 15 is 0 Å². The Bertz CT molecular complexity index is 587. The lowest BCUT2D eigenvalue weighted by Gasteiger charge is -2.36. The summed E-state index contributed by atoms with van der Waals surface area (Å²) in [4.78, 5) is 4.77. The van der Waals surface area contributed by atoms with E-state index in [1.165, 1.54) is 23.3 Å². The van der Waals surface area contributed by atoms with Crippen LogP contribution in [0.4, 0.5) is 10.1 Å². The van der Waals surface area contributed by atoms with Crippen molar-refractivity contribution in [1.82, 2.24) is 4.90 Å². The molecule has 1 heterocycles. The van der Waals surface area contributed by atoms with E-state index in [0.717, 1.165) is 38.4 Å². The molecule has 0 saturated carbocycles. The lowest BCUT2D eigenvalue weighted by atomic mass is 10.1. The SMILES string of the molecule is NCc1ccc(CN2CCN(c3ccc(F)cc3)CC2)cc1. The average Bonchev–Trinajstić information content (AvgIpc) is 2.57. The summed E-state index contributed by atoms with van der Waals surface area (Å²) in [5.41, 5.74) is 9.23. The summed E-state index contributed by atoms with van der Waals surface area (Å²) >= 11 is 0. The molecule has 0 spiro atoms. The van der Waals surface area contributed by atoms with Crippen molar-refractivity contribution in [2.75, 3.05) is 31.1 Å². The average molecular weight is 299 g/mol. The van der Waals surface area contributed by atoms with E-state index < -0.39 is 0 Å². The maximum atomic E-state index is 13.0. The third kappa shape index (κ3) is 3.64. The first-order valence-corrected chi connectivity index (χ1v) is 7.75. The highest BCUT2D eigenvalue weighted by molar-refractivity contribution is 5.46. The zero-order valence-corrected chi connectivity index (χ0v) is 12.7. The van der Waals surface area contributed by atoms with Crippen LogP contribution >= 0.6 is 0 Å². The quantitative estimate of drug-likeness (QED) is 0.942. The fourth-order valence-corrected chi connectivity index (χ4v) is 2.86. The molecule has 1 saturated heterocycles. The third-order valence-electron chi connectivity index (χ3n) is 4.23. The molecule has 3 nitrogen and oxygen atoms in total. The third-order valence-corrected chi connectivity index (χ3v) is 4.23. The van der Waals surface area contributed by atoms with Crippen LogP contribution in [0.5, 0.6) is 0 Å². The highest BCUT2D eigenvalue weighted by atomic mass is 19.1. The van der Waals surface area contributed by atoms with Gasteiger partial charge in [0.25, 0.3) is 0 Å². The van der Waals surface area contributed by atoms with E-state index in [0.29, 0.717) is 6.54 Å². The van der Waals surface area contributed by atoms with Gasteiger partial charge in [-0.2, -0.15) is 0 Å². The number of rotatable bonds is 4. The van der Waals surface area contributed by atoms with Gasteiger partial charge in [0, 0.05) is 45.0 Å². The number of hydrogen-bond donors (Lipinski definition) is 1. The molecule has 1 aliphatic rings. The van der Waals surface area contributed by atoms with Crippen LogP contribution in [0.1, 0.15) is 11.1 Å². The minimum Gasteiger partial charge on any atom is -0.369 e. The summed E-state index contributed by atoms with van der Waals surface area (Å²) in [6.07, 6.45) is 0. The Morgan fingerprint density at radius 1 is 0.818 bits per heavy atom. The monoisotopic (exact) mass is 299 g/mol. The van der Waals surface area contributed by atoms with Gasteiger partial charge in [0.15, 0.2) is 0 Å². The first kappa shape index (κ1) is 15.0. The summed E-state index contributed by atoms with van der Waals surface area (Å²) in [5.74, 6) is -0.177. The summed E-state index contributed by atoms with van der Waals surface area (Å²) in [6.45, 7) is 5.57. The van der Waals surface area contributed by atoms with Crippen LogP contribution in [-0.4, -0.2) is 31.1 Å². The fourth-order valence-electron chi connectivity index (χ4n) is 2.86. The summed E-state index contributed by atoms with van der Waals surface area (Å²) in [6, 6.07) is 15.3. The largest absolute Gasteiger partial charge is 0.369 e. The summed E-state index contributed by atoms with van der Waals surface area (Å²) in [7, 11) is 0. The minimum absolute atomic E-state index is 0.177. The van der Waals surface area contributed by atoms with Gasteiger partial charge in [0.05, 0.1) is 0 Å². The molecule has 0 aromatic heterocycles. The molecular weight excluding hydrogens is 277 g/mol. The van der Waals surface area contributed by atoms with Crippen molar-refractivity contribution >= 4 is 5.69 Å². The van der Waals surface area contributed by atoms with Crippen LogP contribution in [0.3, 0.4) is 0 Å². The number of benzene rings is 2. The lowest BCUT2D eigenvalue weighted by molar-refractivity contribution is 0.250. The van der Waals surface area contributed by atoms with Crippen LogP contribution in [0.15, 0.2) is 48.5 Å². The predicted octanol–water partition coefficient (Wildman–Crippen LogP) is 2.61. The van der Waals surface area contributed by atoms with Crippen molar-refractivity contribution in [2.24, 2.45) is 5.73 Å². The molecule has 22 heavy (non-hydrogen) atoms. The molecule has 3 rings (SSSR count). The second kappa shape index (κ2) is 6.90. The topological polar surface area (TPSA) is 32.5 Å². The molecule has 0 unspecified atom stereocenters. The van der Waals surface area contributed by atoms with Crippen LogP contribution < -0.4 is 10.6 Å². The van der Waals surface area contributed by atoms with E-state index in [4.69, 9.17) is 5.73 Å². The van der Waals surface area contributed by atoms with Crippen molar-refractivity contribution in [3.05, 3.63) is 65.5 Å². The molecule has 2 aromatic rings. The van der Waals surface area contributed by atoms with Crippen molar-refractivity contribution in [3.8, 4) is 0 Å². The number of nitrogens with two attached hydrogens (primary N) is 1. The Kier molecular flexibility index (Phi) is 4.71. The minimum atomic E-state index is -0.177. The van der Waals surface area contributed by atoms with Crippen LogP contribution in [0.2, 0.25) is 0 Å². The van der Waals surface area contributed by atoms with Crippen molar-refractivity contribution < 1.29 is 4.39 Å². The van der Waals surface area contributed by atoms with Crippen molar-refractivity contribution in [3.63, 3.8) is 0 Å². The highest BCUT2D eigenvalue weighted by Crippen LogP contribution is 2.18. The molecule has 0 bridgehead atoms. The second-order valence-corrected chi connectivity index (χ2v) is 5.76. The van der Waals surface area contributed by atoms with E-state index in [9.17, 15) is 4.39 Å². The normalized spacial score (nSPS) is 16.0. The number of anilines is 1. The molecule has 2 aromatic carbocycles. The van der Waals surface area contributed by atoms with Gasteiger partial charge in [-0.05, 0) is 35.4 Å². The van der Waals surface area contributed by atoms with Gasteiger partial charge in [-0.1, -0.05) is 24.3 Å². The van der Waals surface area contributed by atoms with E-state index in [1.807, 2.05) is 12.1 Å². The smallest absolute Gasteiger partial charge is 0.123 e.